The van der Waals surface area contributed by atoms with Crippen LogP contribution in [0.25, 0.3) is 10.9 Å². The minimum absolute atomic E-state index is 0.152. The van der Waals surface area contributed by atoms with Gasteiger partial charge in [0.2, 0.25) is 0 Å². The van der Waals surface area contributed by atoms with Crippen LogP contribution < -0.4 is 15.8 Å². The molecule has 0 spiro atoms. The average molecular weight is 349 g/mol. The molecule has 1 aromatic heterocycles. The van der Waals surface area contributed by atoms with E-state index in [0.29, 0.717) is 6.54 Å². The third kappa shape index (κ3) is 4.11. The SMILES string of the molecule is CCN(CCCNC(=O)c1cc2ccccc2[nH]c1=O)c1ccccc1. The number of benzene rings is 2. The Morgan fingerprint density at radius 3 is 2.58 bits per heavy atom. The van der Waals surface area contributed by atoms with Crippen LogP contribution in [0.1, 0.15) is 23.7 Å². The molecule has 0 unspecified atom stereocenters. The number of para-hydroxylation sites is 2. The summed E-state index contributed by atoms with van der Waals surface area (Å²) in [5.74, 6) is -0.334. The Morgan fingerprint density at radius 2 is 1.81 bits per heavy atom. The average Bonchev–Trinajstić information content (AvgIpc) is 2.68. The normalized spacial score (nSPS) is 10.7. The third-order valence-electron chi connectivity index (χ3n) is 4.39. The Hall–Kier alpha value is -3.08. The van der Waals surface area contributed by atoms with Gasteiger partial charge in [-0.15, -0.1) is 0 Å². The first-order valence-electron chi connectivity index (χ1n) is 8.89. The highest BCUT2D eigenvalue weighted by Crippen LogP contribution is 2.13. The highest BCUT2D eigenvalue weighted by molar-refractivity contribution is 5.97. The highest BCUT2D eigenvalue weighted by atomic mass is 16.2. The van der Waals surface area contributed by atoms with E-state index in [1.165, 1.54) is 5.69 Å². The van der Waals surface area contributed by atoms with Gasteiger partial charge in [0.15, 0.2) is 0 Å². The molecule has 0 aliphatic carbocycles. The number of fused-ring (bicyclic) bond motifs is 1. The summed E-state index contributed by atoms with van der Waals surface area (Å²) in [7, 11) is 0. The molecule has 0 saturated heterocycles. The Bertz CT molecular complexity index is 935. The van der Waals surface area contributed by atoms with E-state index in [0.717, 1.165) is 30.4 Å². The van der Waals surface area contributed by atoms with Crippen molar-refractivity contribution < 1.29 is 4.79 Å². The molecular formula is C21H23N3O2. The first-order chi connectivity index (χ1) is 12.7. The van der Waals surface area contributed by atoms with E-state index in [-0.39, 0.29) is 17.0 Å². The molecule has 134 valence electrons. The van der Waals surface area contributed by atoms with Crippen LogP contribution in [0.5, 0.6) is 0 Å². The summed E-state index contributed by atoms with van der Waals surface area (Å²) in [5, 5.41) is 3.70. The van der Waals surface area contributed by atoms with Crippen LogP contribution >= 0.6 is 0 Å². The second-order valence-corrected chi connectivity index (χ2v) is 6.12. The van der Waals surface area contributed by atoms with Gasteiger partial charge in [0.1, 0.15) is 5.56 Å². The van der Waals surface area contributed by atoms with Gasteiger partial charge in [-0.05, 0) is 43.0 Å². The maximum absolute atomic E-state index is 12.3. The number of hydrogen-bond acceptors (Lipinski definition) is 3. The van der Waals surface area contributed by atoms with Crippen molar-refractivity contribution in [1.29, 1.82) is 0 Å². The van der Waals surface area contributed by atoms with E-state index in [1.54, 1.807) is 6.07 Å². The van der Waals surface area contributed by atoms with Crippen LogP contribution in [0.15, 0.2) is 65.5 Å². The number of nitrogens with zero attached hydrogens (tertiary/aromatic N) is 1. The first kappa shape index (κ1) is 17.7. The highest BCUT2D eigenvalue weighted by Gasteiger charge is 2.11. The minimum atomic E-state index is -0.360. The summed E-state index contributed by atoms with van der Waals surface area (Å²) >= 11 is 0. The largest absolute Gasteiger partial charge is 0.372 e. The van der Waals surface area contributed by atoms with Gasteiger partial charge in [0, 0.05) is 30.8 Å². The predicted octanol–water partition coefficient (Wildman–Crippen LogP) is 3.17. The number of carbonyl (C=O) groups excluding carboxylic acids is 1. The molecule has 3 aromatic rings. The maximum atomic E-state index is 12.3. The van der Waals surface area contributed by atoms with Crippen LogP contribution in [0.4, 0.5) is 5.69 Å². The van der Waals surface area contributed by atoms with Crippen molar-refractivity contribution in [3.63, 3.8) is 0 Å². The molecular weight excluding hydrogens is 326 g/mol. The number of amides is 1. The fraction of sp³-hybridized carbons (Fsp3) is 0.238. The number of anilines is 1. The van der Waals surface area contributed by atoms with Crippen molar-refractivity contribution >= 4 is 22.5 Å². The zero-order valence-electron chi connectivity index (χ0n) is 14.9. The molecule has 2 N–H and O–H groups in total. The Kier molecular flexibility index (Phi) is 5.69. The van der Waals surface area contributed by atoms with Crippen LogP contribution in [-0.4, -0.2) is 30.5 Å². The Balaban J connectivity index is 1.57. The van der Waals surface area contributed by atoms with E-state index in [4.69, 9.17) is 0 Å². The van der Waals surface area contributed by atoms with Gasteiger partial charge >= 0.3 is 0 Å². The molecule has 0 fully saturated rings. The third-order valence-corrected chi connectivity index (χ3v) is 4.39. The topological polar surface area (TPSA) is 65.2 Å². The van der Waals surface area contributed by atoms with E-state index in [1.807, 2.05) is 42.5 Å². The Morgan fingerprint density at radius 1 is 1.08 bits per heavy atom. The minimum Gasteiger partial charge on any atom is -0.372 e. The zero-order chi connectivity index (χ0) is 18.4. The summed E-state index contributed by atoms with van der Waals surface area (Å²) < 4.78 is 0. The fourth-order valence-electron chi connectivity index (χ4n) is 2.99. The first-order valence-corrected chi connectivity index (χ1v) is 8.89. The van der Waals surface area contributed by atoms with Gasteiger partial charge in [-0.1, -0.05) is 36.4 Å². The molecule has 3 rings (SSSR count). The van der Waals surface area contributed by atoms with Crippen molar-refractivity contribution in [3.05, 3.63) is 76.6 Å². The summed E-state index contributed by atoms with van der Waals surface area (Å²) in [6, 6.07) is 19.3. The van der Waals surface area contributed by atoms with Crippen LogP contribution in [0, 0.1) is 0 Å². The molecule has 0 saturated carbocycles. The number of aromatic amines is 1. The van der Waals surface area contributed by atoms with Gasteiger partial charge in [-0.25, -0.2) is 0 Å². The summed E-state index contributed by atoms with van der Waals surface area (Å²) in [6.45, 7) is 4.38. The lowest BCUT2D eigenvalue weighted by Gasteiger charge is -2.23. The molecule has 0 atom stereocenters. The molecule has 2 aromatic carbocycles. The Labute approximate surface area is 152 Å². The summed E-state index contributed by atoms with van der Waals surface area (Å²) in [6.07, 6.45) is 0.806. The smallest absolute Gasteiger partial charge is 0.261 e. The van der Waals surface area contributed by atoms with Crippen molar-refractivity contribution in [2.24, 2.45) is 0 Å². The van der Waals surface area contributed by atoms with E-state index >= 15 is 0 Å². The standard InChI is InChI=1S/C21H23N3O2/c1-2-24(17-10-4-3-5-11-17)14-8-13-22-20(25)18-15-16-9-6-7-12-19(16)23-21(18)26/h3-7,9-12,15H,2,8,13-14H2,1H3,(H,22,25)(H,23,26). The number of pyridine rings is 1. The number of hydrogen-bond donors (Lipinski definition) is 2. The number of rotatable bonds is 7. The predicted molar refractivity (Wildman–Crippen MR) is 106 cm³/mol. The van der Waals surface area contributed by atoms with E-state index in [2.05, 4.69) is 34.3 Å². The van der Waals surface area contributed by atoms with E-state index in [9.17, 15) is 9.59 Å². The molecule has 1 heterocycles. The molecule has 0 bridgehead atoms. The second-order valence-electron chi connectivity index (χ2n) is 6.12. The lowest BCUT2D eigenvalue weighted by atomic mass is 10.1. The molecule has 0 aliphatic heterocycles. The molecule has 0 aliphatic rings. The number of carbonyl (C=O) groups is 1. The zero-order valence-corrected chi connectivity index (χ0v) is 14.9. The molecule has 26 heavy (non-hydrogen) atoms. The van der Waals surface area contributed by atoms with Gasteiger partial charge in [0.05, 0.1) is 0 Å². The summed E-state index contributed by atoms with van der Waals surface area (Å²) in [4.78, 5) is 29.5. The molecule has 5 heteroatoms. The molecule has 1 amide bonds. The van der Waals surface area contributed by atoms with Crippen LogP contribution in [0.3, 0.4) is 0 Å². The lowest BCUT2D eigenvalue weighted by molar-refractivity contribution is 0.0952. The lowest BCUT2D eigenvalue weighted by Crippen LogP contribution is -2.32. The number of aromatic nitrogens is 1. The van der Waals surface area contributed by atoms with Crippen molar-refractivity contribution in [1.82, 2.24) is 10.3 Å². The molecule has 5 nitrogen and oxygen atoms in total. The quantitative estimate of drug-likeness (QED) is 0.644. The number of nitrogens with one attached hydrogen (secondary N) is 2. The molecule has 0 radical (unpaired) electrons. The monoisotopic (exact) mass is 349 g/mol. The van der Waals surface area contributed by atoms with E-state index < -0.39 is 0 Å². The maximum Gasteiger partial charge on any atom is 0.261 e. The van der Waals surface area contributed by atoms with Crippen molar-refractivity contribution in [2.45, 2.75) is 13.3 Å². The van der Waals surface area contributed by atoms with Crippen molar-refractivity contribution in [3.8, 4) is 0 Å². The van der Waals surface area contributed by atoms with Crippen molar-refractivity contribution in [2.75, 3.05) is 24.5 Å². The van der Waals surface area contributed by atoms with Gasteiger partial charge in [0.25, 0.3) is 11.5 Å². The summed E-state index contributed by atoms with van der Waals surface area (Å²) in [5.41, 5.74) is 1.70. The van der Waals surface area contributed by atoms with Crippen LogP contribution in [0.2, 0.25) is 0 Å². The van der Waals surface area contributed by atoms with Gasteiger partial charge < -0.3 is 15.2 Å². The van der Waals surface area contributed by atoms with Crippen LogP contribution in [-0.2, 0) is 0 Å². The fourth-order valence-corrected chi connectivity index (χ4v) is 2.99. The second kappa shape index (κ2) is 8.34. The van der Waals surface area contributed by atoms with Gasteiger partial charge in [-0.2, -0.15) is 0 Å². The van der Waals surface area contributed by atoms with Gasteiger partial charge in [-0.3, -0.25) is 9.59 Å². The number of H-pyrrole nitrogens is 1.